The van der Waals surface area contributed by atoms with Crippen LogP contribution in [0.5, 0.6) is 0 Å². The zero-order valence-electron chi connectivity index (χ0n) is 13.8. The van der Waals surface area contributed by atoms with Gasteiger partial charge in [-0.05, 0) is 31.2 Å². The average molecular weight is 392 g/mol. The number of amides is 1. The van der Waals surface area contributed by atoms with E-state index in [2.05, 4.69) is 5.32 Å². The van der Waals surface area contributed by atoms with Crippen LogP contribution in [0.2, 0.25) is 0 Å². The van der Waals surface area contributed by atoms with Crippen molar-refractivity contribution in [3.05, 3.63) is 42.5 Å². The molecule has 0 bridgehead atoms. The lowest BCUT2D eigenvalue weighted by Gasteiger charge is -2.11. The predicted octanol–water partition coefficient (Wildman–Crippen LogP) is 4.65. The standard InChI is InChI=1S/C19H15Cl2NO4/c1-18(10-19(18,20)21)17(24)25-9-16(23)22-11-6-7-15-13(8-11)12-4-2-3-5-14(12)26-15/h2-8H,9-10H2,1H3,(H,22,23)/t18-/m0/s1. The van der Waals surface area contributed by atoms with Gasteiger partial charge in [0.05, 0.1) is 0 Å². The highest BCUT2D eigenvalue weighted by atomic mass is 35.5. The van der Waals surface area contributed by atoms with Gasteiger partial charge in [-0.2, -0.15) is 0 Å². The van der Waals surface area contributed by atoms with Crippen LogP contribution < -0.4 is 5.32 Å². The normalized spacial score (nSPS) is 20.9. The largest absolute Gasteiger partial charge is 0.456 e. The van der Waals surface area contributed by atoms with E-state index in [4.69, 9.17) is 32.4 Å². The summed E-state index contributed by atoms with van der Waals surface area (Å²) in [6, 6.07) is 13.0. The minimum atomic E-state index is -1.12. The number of hydrogen-bond acceptors (Lipinski definition) is 4. The Bertz CT molecular complexity index is 1040. The number of alkyl halides is 2. The monoisotopic (exact) mass is 391 g/mol. The SMILES string of the molecule is C[C@@]1(C(=O)OCC(=O)Nc2ccc3oc4ccccc4c3c2)CC1(Cl)Cl. The number of fused-ring (bicyclic) bond motifs is 3. The average Bonchev–Trinajstić information content (AvgIpc) is 2.97. The number of nitrogens with one attached hydrogen (secondary N) is 1. The zero-order chi connectivity index (χ0) is 18.5. The van der Waals surface area contributed by atoms with Gasteiger partial charge in [0.1, 0.15) is 20.9 Å². The summed E-state index contributed by atoms with van der Waals surface area (Å²) in [5.41, 5.74) is 1.15. The molecule has 1 N–H and O–H groups in total. The minimum absolute atomic E-state index is 0.313. The van der Waals surface area contributed by atoms with Crippen LogP contribution in [0.15, 0.2) is 46.9 Å². The fraction of sp³-hybridized carbons (Fsp3) is 0.263. The van der Waals surface area contributed by atoms with Crippen molar-refractivity contribution in [1.82, 2.24) is 0 Å². The Morgan fingerprint density at radius 3 is 2.58 bits per heavy atom. The highest BCUT2D eigenvalue weighted by Gasteiger charge is 2.69. The van der Waals surface area contributed by atoms with Crippen LogP contribution in [0, 0.1) is 5.41 Å². The topological polar surface area (TPSA) is 68.5 Å². The summed E-state index contributed by atoms with van der Waals surface area (Å²) in [6.45, 7) is 1.22. The molecule has 3 aromatic rings. The van der Waals surface area contributed by atoms with Crippen molar-refractivity contribution in [1.29, 1.82) is 0 Å². The molecular formula is C19H15Cl2NO4. The molecule has 0 spiro atoms. The molecule has 5 nitrogen and oxygen atoms in total. The van der Waals surface area contributed by atoms with Gasteiger partial charge in [-0.15, -0.1) is 23.2 Å². The van der Waals surface area contributed by atoms with Crippen LogP contribution in [0.25, 0.3) is 21.9 Å². The Balaban J connectivity index is 1.44. The van der Waals surface area contributed by atoms with Gasteiger partial charge < -0.3 is 14.5 Å². The molecule has 1 aromatic heterocycles. The molecule has 0 aliphatic heterocycles. The lowest BCUT2D eigenvalue weighted by atomic mass is 10.1. The van der Waals surface area contributed by atoms with Crippen LogP contribution in [0.3, 0.4) is 0 Å². The molecule has 1 amide bonds. The zero-order valence-corrected chi connectivity index (χ0v) is 15.4. The second-order valence-electron chi connectivity index (χ2n) is 6.65. The van der Waals surface area contributed by atoms with Crippen LogP contribution in [-0.4, -0.2) is 22.8 Å². The summed E-state index contributed by atoms with van der Waals surface area (Å²) in [5.74, 6) is -1.02. The molecule has 1 fully saturated rings. The summed E-state index contributed by atoms with van der Waals surface area (Å²) in [6.07, 6.45) is 0.313. The maximum Gasteiger partial charge on any atom is 0.315 e. The van der Waals surface area contributed by atoms with Crippen molar-refractivity contribution < 1.29 is 18.7 Å². The number of hydrogen-bond donors (Lipinski definition) is 1. The van der Waals surface area contributed by atoms with E-state index < -0.39 is 28.2 Å². The smallest absolute Gasteiger partial charge is 0.315 e. The van der Waals surface area contributed by atoms with Gasteiger partial charge >= 0.3 is 5.97 Å². The van der Waals surface area contributed by atoms with Crippen molar-refractivity contribution in [3.63, 3.8) is 0 Å². The quantitative estimate of drug-likeness (QED) is 0.518. The lowest BCUT2D eigenvalue weighted by molar-refractivity contribution is -0.152. The van der Waals surface area contributed by atoms with E-state index in [0.29, 0.717) is 12.1 Å². The first kappa shape index (κ1) is 17.2. The van der Waals surface area contributed by atoms with Crippen LogP contribution in [-0.2, 0) is 14.3 Å². The Morgan fingerprint density at radius 1 is 1.15 bits per heavy atom. The molecule has 1 aliphatic rings. The van der Waals surface area contributed by atoms with E-state index in [1.165, 1.54) is 0 Å². The molecule has 2 aromatic carbocycles. The van der Waals surface area contributed by atoms with E-state index in [9.17, 15) is 9.59 Å². The van der Waals surface area contributed by atoms with E-state index >= 15 is 0 Å². The molecule has 4 rings (SSSR count). The van der Waals surface area contributed by atoms with Crippen molar-refractivity contribution in [2.24, 2.45) is 5.41 Å². The van der Waals surface area contributed by atoms with Crippen molar-refractivity contribution in [3.8, 4) is 0 Å². The number of carbonyl (C=O) groups excluding carboxylic acids is 2. The van der Waals surface area contributed by atoms with Gasteiger partial charge in [-0.25, -0.2) is 0 Å². The van der Waals surface area contributed by atoms with Gasteiger partial charge in [-0.1, -0.05) is 18.2 Å². The van der Waals surface area contributed by atoms with E-state index in [1.807, 2.05) is 30.3 Å². The molecule has 0 saturated heterocycles. The number of benzene rings is 2. The second kappa shape index (κ2) is 5.89. The Labute approximate surface area is 159 Å². The molecule has 0 radical (unpaired) electrons. The number of para-hydroxylation sites is 1. The van der Waals surface area contributed by atoms with Crippen LogP contribution in [0.4, 0.5) is 5.69 Å². The third-order valence-electron chi connectivity index (χ3n) is 4.70. The minimum Gasteiger partial charge on any atom is -0.456 e. The maximum atomic E-state index is 12.1. The fourth-order valence-corrected chi connectivity index (χ4v) is 3.60. The first-order valence-corrected chi connectivity index (χ1v) is 8.82. The Hall–Kier alpha value is -2.24. The highest BCUT2D eigenvalue weighted by molar-refractivity contribution is 6.53. The second-order valence-corrected chi connectivity index (χ2v) is 8.13. The molecule has 134 valence electrons. The Kier molecular flexibility index (Phi) is 3.90. The highest BCUT2D eigenvalue weighted by Crippen LogP contribution is 2.64. The van der Waals surface area contributed by atoms with Gasteiger partial charge in [0.15, 0.2) is 6.61 Å². The van der Waals surface area contributed by atoms with Crippen LogP contribution >= 0.6 is 23.2 Å². The summed E-state index contributed by atoms with van der Waals surface area (Å²) in [7, 11) is 0. The van der Waals surface area contributed by atoms with Gasteiger partial charge in [-0.3, -0.25) is 9.59 Å². The van der Waals surface area contributed by atoms with E-state index in [0.717, 1.165) is 21.9 Å². The van der Waals surface area contributed by atoms with Crippen molar-refractivity contribution in [2.75, 3.05) is 11.9 Å². The number of esters is 1. The number of furan rings is 1. The number of ether oxygens (including phenoxy) is 1. The third-order valence-corrected chi connectivity index (χ3v) is 5.80. The molecular weight excluding hydrogens is 377 g/mol. The first-order valence-electron chi connectivity index (χ1n) is 8.06. The number of anilines is 1. The molecule has 0 unspecified atom stereocenters. The molecule has 1 saturated carbocycles. The summed E-state index contributed by atoms with van der Waals surface area (Å²) in [4.78, 5) is 24.1. The van der Waals surface area contributed by atoms with Crippen LogP contribution in [0.1, 0.15) is 13.3 Å². The molecule has 1 atom stereocenters. The lowest BCUT2D eigenvalue weighted by Crippen LogP contribution is -2.26. The van der Waals surface area contributed by atoms with Gasteiger partial charge in [0, 0.05) is 22.9 Å². The van der Waals surface area contributed by atoms with E-state index in [-0.39, 0.29) is 0 Å². The van der Waals surface area contributed by atoms with Crippen molar-refractivity contribution in [2.45, 2.75) is 17.7 Å². The molecule has 1 aliphatic carbocycles. The number of halogens is 2. The fourth-order valence-electron chi connectivity index (χ4n) is 2.91. The van der Waals surface area contributed by atoms with Gasteiger partial charge in [0.2, 0.25) is 0 Å². The maximum absolute atomic E-state index is 12.1. The summed E-state index contributed by atoms with van der Waals surface area (Å²) < 4.78 is 9.67. The first-order chi connectivity index (χ1) is 12.3. The van der Waals surface area contributed by atoms with Crippen molar-refractivity contribution >= 4 is 62.7 Å². The summed E-state index contributed by atoms with van der Waals surface area (Å²) in [5, 5.41) is 4.58. The number of carbonyl (C=O) groups is 2. The number of rotatable bonds is 4. The van der Waals surface area contributed by atoms with E-state index in [1.54, 1.807) is 19.1 Å². The van der Waals surface area contributed by atoms with Gasteiger partial charge in [0.25, 0.3) is 5.91 Å². The molecule has 1 heterocycles. The summed E-state index contributed by atoms with van der Waals surface area (Å²) >= 11 is 11.9. The molecule has 26 heavy (non-hydrogen) atoms. The third kappa shape index (κ3) is 2.81. The molecule has 7 heteroatoms. The predicted molar refractivity (Wildman–Crippen MR) is 100 cm³/mol. The Morgan fingerprint density at radius 2 is 1.85 bits per heavy atom.